The van der Waals surface area contributed by atoms with E-state index in [1.807, 2.05) is 30.9 Å². The Labute approximate surface area is 173 Å². The molecule has 2 atom stereocenters. The molecule has 0 bridgehead atoms. The average Bonchev–Trinajstić information content (AvgIpc) is 2.70. The molecule has 0 saturated carbocycles. The number of benzene rings is 2. The van der Waals surface area contributed by atoms with Gasteiger partial charge in [0, 0.05) is 37.3 Å². The first kappa shape index (κ1) is 20.1. The number of aromatic nitrogens is 1. The molecule has 2 aromatic carbocycles. The van der Waals surface area contributed by atoms with Crippen LogP contribution in [0.5, 0.6) is 0 Å². The lowest BCUT2D eigenvalue weighted by Crippen LogP contribution is -2.45. The fourth-order valence-corrected chi connectivity index (χ4v) is 4.01. The summed E-state index contributed by atoms with van der Waals surface area (Å²) in [6.07, 6.45) is 0.0306. The maximum absolute atomic E-state index is 14.8. The highest BCUT2D eigenvalue weighted by atomic mass is 19.1. The topological polar surface area (TPSA) is 63.6 Å². The summed E-state index contributed by atoms with van der Waals surface area (Å²) in [6.45, 7) is 5.13. The van der Waals surface area contributed by atoms with Crippen molar-refractivity contribution in [3.05, 3.63) is 70.3 Å². The lowest BCUT2D eigenvalue weighted by molar-refractivity contribution is -0.00539. The van der Waals surface area contributed by atoms with Crippen molar-refractivity contribution in [2.75, 3.05) is 23.3 Å². The fourth-order valence-electron chi connectivity index (χ4n) is 4.01. The van der Waals surface area contributed by atoms with E-state index in [4.69, 9.17) is 4.74 Å². The van der Waals surface area contributed by atoms with Gasteiger partial charge in [0.2, 0.25) is 0 Å². The van der Waals surface area contributed by atoms with E-state index in [0.29, 0.717) is 35.4 Å². The molecule has 30 heavy (non-hydrogen) atoms. The number of carbonyl (C=O) groups is 1. The van der Waals surface area contributed by atoms with E-state index in [0.717, 1.165) is 0 Å². The molecule has 1 saturated heterocycles. The highest BCUT2D eigenvalue weighted by Crippen LogP contribution is 2.26. The number of fused-ring (bicyclic) bond motifs is 1. The minimum absolute atomic E-state index is 0.0153. The number of nitrogens with one attached hydrogen (secondary N) is 1. The second-order valence-corrected chi connectivity index (χ2v) is 7.76. The van der Waals surface area contributed by atoms with Crippen molar-refractivity contribution in [2.45, 2.75) is 26.1 Å². The van der Waals surface area contributed by atoms with Gasteiger partial charge in [0.15, 0.2) is 0 Å². The Balaban J connectivity index is 1.61. The van der Waals surface area contributed by atoms with E-state index in [-0.39, 0.29) is 23.3 Å². The quantitative estimate of drug-likeness (QED) is 0.719. The SMILES string of the molecule is CC1CN(c2ccc(NC(=O)c3cc(=O)n(C)c4ccccc34)cc2F)CC(C)O1. The zero-order valence-electron chi connectivity index (χ0n) is 17.2. The van der Waals surface area contributed by atoms with Gasteiger partial charge in [0.25, 0.3) is 11.5 Å². The number of nitrogens with zero attached hydrogens (tertiary/aromatic N) is 2. The zero-order chi connectivity index (χ0) is 21.4. The van der Waals surface area contributed by atoms with Gasteiger partial charge in [-0.2, -0.15) is 0 Å². The van der Waals surface area contributed by atoms with Gasteiger partial charge in [-0.25, -0.2) is 4.39 Å². The largest absolute Gasteiger partial charge is 0.372 e. The number of halogens is 1. The Hall–Kier alpha value is -3.19. The monoisotopic (exact) mass is 409 g/mol. The number of aryl methyl sites for hydroxylation is 1. The van der Waals surface area contributed by atoms with E-state index in [1.54, 1.807) is 31.3 Å². The highest BCUT2D eigenvalue weighted by molar-refractivity contribution is 6.12. The number of para-hydroxylation sites is 1. The molecule has 7 heteroatoms. The standard InChI is InChI=1S/C23H24FN3O3/c1-14-12-27(13-15(2)30-14)21-9-8-16(10-19(21)24)25-23(29)18-11-22(28)26(3)20-7-5-4-6-17(18)20/h4-11,14-15H,12-13H2,1-3H3,(H,25,29). The molecule has 1 aliphatic rings. The lowest BCUT2D eigenvalue weighted by atomic mass is 10.1. The van der Waals surface area contributed by atoms with Crippen molar-refractivity contribution in [1.82, 2.24) is 4.57 Å². The minimum atomic E-state index is -0.454. The van der Waals surface area contributed by atoms with Crippen LogP contribution in [0.1, 0.15) is 24.2 Å². The summed E-state index contributed by atoms with van der Waals surface area (Å²) in [7, 11) is 1.66. The molecule has 0 radical (unpaired) electrons. The van der Waals surface area contributed by atoms with Crippen LogP contribution in [0.15, 0.2) is 53.3 Å². The zero-order valence-corrected chi connectivity index (χ0v) is 17.2. The highest BCUT2D eigenvalue weighted by Gasteiger charge is 2.24. The van der Waals surface area contributed by atoms with Crippen molar-refractivity contribution in [2.24, 2.45) is 7.05 Å². The number of rotatable bonds is 3. The second-order valence-electron chi connectivity index (χ2n) is 7.76. The summed E-state index contributed by atoms with van der Waals surface area (Å²) in [5, 5.41) is 3.37. The molecule has 1 fully saturated rings. The Morgan fingerprint density at radius 2 is 1.80 bits per heavy atom. The van der Waals surface area contributed by atoms with Crippen LogP contribution in [0.25, 0.3) is 10.9 Å². The summed E-state index contributed by atoms with van der Waals surface area (Å²) >= 11 is 0. The van der Waals surface area contributed by atoms with Gasteiger partial charge in [-0.15, -0.1) is 0 Å². The van der Waals surface area contributed by atoms with Crippen LogP contribution < -0.4 is 15.8 Å². The molecule has 1 amide bonds. The van der Waals surface area contributed by atoms with E-state index >= 15 is 0 Å². The van der Waals surface area contributed by atoms with Crippen molar-refractivity contribution < 1.29 is 13.9 Å². The Kier molecular flexibility index (Phi) is 5.30. The van der Waals surface area contributed by atoms with Crippen LogP contribution in [0.3, 0.4) is 0 Å². The van der Waals surface area contributed by atoms with Crippen molar-refractivity contribution in [1.29, 1.82) is 0 Å². The number of carbonyl (C=O) groups excluding carboxylic acids is 1. The Morgan fingerprint density at radius 1 is 1.10 bits per heavy atom. The van der Waals surface area contributed by atoms with E-state index in [1.165, 1.54) is 16.7 Å². The molecule has 3 aromatic rings. The lowest BCUT2D eigenvalue weighted by Gasteiger charge is -2.37. The number of anilines is 2. The Morgan fingerprint density at radius 3 is 2.50 bits per heavy atom. The summed E-state index contributed by atoms with van der Waals surface area (Å²) in [5.41, 5.74) is 1.45. The number of amides is 1. The predicted octanol–water partition coefficient (Wildman–Crippen LogP) is 3.54. The minimum Gasteiger partial charge on any atom is -0.372 e. The molecule has 4 rings (SSSR count). The van der Waals surface area contributed by atoms with Crippen molar-refractivity contribution in [3.8, 4) is 0 Å². The number of ether oxygens (including phenoxy) is 1. The molecular formula is C23H24FN3O3. The van der Waals surface area contributed by atoms with E-state index in [9.17, 15) is 14.0 Å². The van der Waals surface area contributed by atoms with Crippen LogP contribution in [-0.4, -0.2) is 35.8 Å². The summed E-state index contributed by atoms with van der Waals surface area (Å²) in [4.78, 5) is 27.1. The molecule has 1 N–H and O–H groups in total. The molecule has 156 valence electrons. The maximum Gasteiger partial charge on any atom is 0.256 e. The molecule has 2 unspecified atom stereocenters. The molecule has 2 heterocycles. The Bertz CT molecular complexity index is 1160. The third-order valence-corrected chi connectivity index (χ3v) is 5.36. The maximum atomic E-state index is 14.8. The number of hydrogen-bond acceptors (Lipinski definition) is 4. The fraction of sp³-hybridized carbons (Fsp3) is 0.304. The van der Waals surface area contributed by atoms with E-state index < -0.39 is 11.7 Å². The van der Waals surface area contributed by atoms with Gasteiger partial charge < -0.3 is 19.5 Å². The summed E-state index contributed by atoms with van der Waals surface area (Å²) < 4.78 is 22.0. The third kappa shape index (κ3) is 3.80. The second kappa shape index (κ2) is 7.91. The first-order valence-corrected chi connectivity index (χ1v) is 9.93. The average molecular weight is 409 g/mol. The van der Waals surface area contributed by atoms with Gasteiger partial charge >= 0.3 is 0 Å². The van der Waals surface area contributed by atoms with Gasteiger partial charge in [0.1, 0.15) is 5.82 Å². The van der Waals surface area contributed by atoms with Gasteiger partial charge in [-0.05, 0) is 38.1 Å². The molecule has 1 aromatic heterocycles. The molecular weight excluding hydrogens is 385 g/mol. The summed E-state index contributed by atoms with van der Waals surface area (Å²) in [5.74, 6) is -0.868. The van der Waals surface area contributed by atoms with Gasteiger partial charge in [-0.1, -0.05) is 18.2 Å². The first-order chi connectivity index (χ1) is 14.3. The number of morpholine rings is 1. The van der Waals surface area contributed by atoms with Crippen molar-refractivity contribution >= 4 is 28.2 Å². The predicted molar refractivity (Wildman–Crippen MR) is 116 cm³/mol. The number of hydrogen-bond donors (Lipinski definition) is 1. The van der Waals surface area contributed by atoms with Gasteiger partial charge in [-0.3, -0.25) is 9.59 Å². The molecule has 0 spiro atoms. The molecule has 0 aliphatic carbocycles. The number of pyridine rings is 1. The van der Waals surface area contributed by atoms with Crippen molar-refractivity contribution in [3.63, 3.8) is 0 Å². The van der Waals surface area contributed by atoms with Crippen LogP contribution in [0.2, 0.25) is 0 Å². The van der Waals surface area contributed by atoms with E-state index in [2.05, 4.69) is 5.32 Å². The summed E-state index contributed by atoms with van der Waals surface area (Å²) in [6, 6.07) is 13.1. The van der Waals surface area contributed by atoms with Crippen LogP contribution in [0, 0.1) is 5.82 Å². The molecule has 1 aliphatic heterocycles. The third-order valence-electron chi connectivity index (χ3n) is 5.36. The van der Waals surface area contributed by atoms with Crippen LogP contribution >= 0.6 is 0 Å². The first-order valence-electron chi connectivity index (χ1n) is 9.93. The van der Waals surface area contributed by atoms with Gasteiger partial charge in [0.05, 0.1) is 29.0 Å². The smallest absolute Gasteiger partial charge is 0.256 e. The van der Waals surface area contributed by atoms with Crippen LogP contribution in [0.4, 0.5) is 15.8 Å². The normalized spacial score (nSPS) is 19.1. The van der Waals surface area contributed by atoms with Crippen LogP contribution in [-0.2, 0) is 11.8 Å². The molecule has 6 nitrogen and oxygen atoms in total.